The van der Waals surface area contributed by atoms with E-state index >= 15 is 0 Å². The van der Waals surface area contributed by atoms with Crippen LogP contribution in [0.2, 0.25) is 0 Å². The molecule has 2 fully saturated rings. The summed E-state index contributed by atoms with van der Waals surface area (Å²) < 4.78 is 5.93. The Morgan fingerprint density at radius 3 is 2.40 bits per heavy atom. The van der Waals surface area contributed by atoms with Crippen LogP contribution in [0.1, 0.15) is 51.4 Å². The summed E-state index contributed by atoms with van der Waals surface area (Å²) in [6.45, 7) is 3.04. The fourth-order valence-electron chi connectivity index (χ4n) is 2.77. The molecule has 1 heterocycles. The van der Waals surface area contributed by atoms with E-state index in [1.54, 1.807) is 0 Å². The van der Waals surface area contributed by atoms with Gasteiger partial charge in [0, 0.05) is 19.7 Å². The van der Waals surface area contributed by atoms with Gasteiger partial charge in [0.1, 0.15) is 0 Å². The first-order valence-electron chi connectivity index (χ1n) is 6.70. The zero-order valence-electron chi connectivity index (χ0n) is 9.79. The molecule has 15 heavy (non-hydrogen) atoms. The molecule has 0 bridgehead atoms. The molecule has 1 aliphatic heterocycles. The molecule has 1 saturated carbocycles. The third kappa shape index (κ3) is 4.12. The number of piperidine rings is 1. The molecular weight excluding hydrogens is 186 g/mol. The van der Waals surface area contributed by atoms with Crippen LogP contribution >= 0.6 is 0 Å². The minimum absolute atomic E-state index is 0.520. The van der Waals surface area contributed by atoms with Gasteiger partial charge in [-0.2, -0.15) is 0 Å². The van der Waals surface area contributed by atoms with E-state index in [4.69, 9.17) is 4.74 Å². The van der Waals surface area contributed by atoms with Crippen molar-refractivity contribution in [1.29, 1.82) is 0 Å². The molecule has 2 aliphatic rings. The molecule has 2 nitrogen and oxygen atoms in total. The highest BCUT2D eigenvalue weighted by Crippen LogP contribution is 2.26. The lowest BCUT2D eigenvalue weighted by Gasteiger charge is -2.25. The Bertz CT molecular complexity index is 142. The highest BCUT2D eigenvalue weighted by atomic mass is 16.5. The summed E-state index contributed by atoms with van der Waals surface area (Å²) in [5.41, 5.74) is 0. The second-order valence-electron chi connectivity index (χ2n) is 5.03. The van der Waals surface area contributed by atoms with Crippen molar-refractivity contribution < 1.29 is 4.74 Å². The van der Waals surface area contributed by atoms with Gasteiger partial charge < -0.3 is 4.74 Å². The predicted molar refractivity (Wildman–Crippen MR) is 62.0 cm³/mol. The molecule has 0 spiro atoms. The second-order valence-corrected chi connectivity index (χ2v) is 5.03. The van der Waals surface area contributed by atoms with E-state index in [9.17, 15) is 0 Å². The molecule has 0 atom stereocenters. The fraction of sp³-hybridized carbons (Fsp3) is 1.00. The maximum absolute atomic E-state index is 5.93. The van der Waals surface area contributed by atoms with Gasteiger partial charge in [0.2, 0.25) is 0 Å². The maximum atomic E-state index is 5.93. The molecule has 0 aromatic rings. The Kier molecular flexibility index (Phi) is 4.94. The van der Waals surface area contributed by atoms with Crippen LogP contribution in [0.25, 0.3) is 0 Å². The van der Waals surface area contributed by atoms with Gasteiger partial charge in [-0.1, -0.05) is 32.1 Å². The minimum Gasteiger partial charge on any atom is -0.378 e. The van der Waals surface area contributed by atoms with Crippen molar-refractivity contribution in [3.8, 4) is 0 Å². The first kappa shape index (κ1) is 11.4. The Morgan fingerprint density at radius 2 is 1.67 bits per heavy atom. The van der Waals surface area contributed by atoms with Crippen molar-refractivity contribution in [3.05, 3.63) is 0 Å². The van der Waals surface area contributed by atoms with Crippen LogP contribution in [0.4, 0.5) is 0 Å². The molecular formula is C13H24NO. The van der Waals surface area contributed by atoms with Gasteiger partial charge in [-0.25, -0.2) is 5.32 Å². The van der Waals surface area contributed by atoms with Gasteiger partial charge in [0.25, 0.3) is 0 Å². The zero-order valence-corrected chi connectivity index (χ0v) is 9.79. The Balaban J connectivity index is 1.53. The van der Waals surface area contributed by atoms with E-state index in [-0.39, 0.29) is 0 Å². The first-order chi connectivity index (χ1) is 7.45. The van der Waals surface area contributed by atoms with Crippen LogP contribution in [0, 0.1) is 5.92 Å². The summed E-state index contributed by atoms with van der Waals surface area (Å²) in [5.74, 6) is 0.965. The van der Waals surface area contributed by atoms with Crippen LogP contribution in [0.3, 0.4) is 0 Å². The van der Waals surface area contributed by atoms with E-state index in [1.807, 2.05) is 0 Å². The standard InChI is InChI=1S/C13H24NO/c1-2-4-12(5-3-1)8-11-15-13-6-9-14-10-7-13/h12-13H,1-11H2. The van der Waals surface area contributed by atoms with E-state index < -0.39 is 0 Å². The lowest BCUT2D eigenvalue weighted by molar-refractivity contribution is 0.0228. The normalized spacial score (nSPS) is 25.6. The molecule has 0 amide bonds. The minimum atomic E-state index is 0.520. The van der Waals surface area contributed by atoms with Crippen LogP contribution in [-0.2, 0) is 4.74 Å². The molecule has 87 valence electrons. The summed E-state index contributed by atoms with van der Waals surface area (Å²) in [6, 6.07) is 0. The molecule has 2 heteroatoms. The van der Waals surface area contributed by atoms with Crippen molar-refractivity contribution in [2.24, 2.45) is 5.92 Å². The van der Waals surface area contributed by atoms with Gasteiger partial charge in [-0.05, 0) is 25.2 Å². The molecule has 0 N–H and O–H groups in total. The SMILES string of the molecule is C1CCC(CCOC2CC[N]CC2)CC1. The summed E-state index contributed by atoms with van der Waals surface area (Å²) in [7, 11) is 0. The van der Waals surface area contributed by atoms with Crippen LogP contribution < -0.4 is 5.32 Å². The van der Waals surface area contributed by atoms with Crippen LogP contribution in [0.5, 0.6) is 0 Å². The predicted octanol–water partition coefficient (Wildman–Crippen LogP) is 2.74. The van der Waals surface area contributed by atoms with Gasteiger partial charge in [0.15, 0.2) is 0 Å². The molecule has 0 unspecified atom stereocenters. The summed E-state index contributed by atoms with van der Waals surface area (Å²) >= 11 is 0. The van der Waals surface area contributed by atoms with Crippen LogP contribution in [-0.4, -0.2) is 25.8 Å². The monoisotopic (exact) mass is 210 g/mol. The molecule has 0 aromatic heterocycles. The maximum Gasteiger partial charge on any atom is 0.0600 e. The van der Waals surface area contributed by atoms with Crippen molar-refractivity contribution in [1.82, 2.24) is 5.32 Å². The highest BCUT2D eigenvalue weighted by molar-refractivity contribution is 4.69. The van der Waals surface area contributed by atoms with Gasteiger partial charge >= 0.3 is 0 Å². The quantitative estimate of drug-likeness (QED) is 0.700. The lowest BCUT2D eigenvalue weighted by Crippen LogP contribution is -2.28. The third-order valence-electron chi connectivity index (χ3n) is 3.82. The molecule has 1 saturated heterocycles. The summed E-state index contributed by atoms with van der Waals surface area (Å²) in [6.07, 6.45) is 11.4. The topological polar surface area (TPSA) is 23.3 Å². The number of hydrogen-bond donors (Lipinski definition) is 0. The van der Waals surface area contributed by atoms with Crippen molar-refractivity contribution in [3.63, 3.8) is 0 Å². The number of ether oxygens (including phenoxy) is 1. The average molecular weight is 210 g/mol. The van der Waals surface area contributed by atoms with Crippen molar-refractivity contribution in [2.45, 2.75) is 57.5 Å². The van der Waals surface area contributed by atoms with Gasteiger partial charge in [0.05, 0.1) is 6.10 Å². The first-order valence-corrected chi connectivity index (χ1v) is 6.70. The highest BCUT2D eigenvalue weighted by Gasteiger charge is 2.16. The molecule has 1 aliphatic carbocycles. The Labute approximate surface area is 93.8 Å². The van der Waals surface area contributed by atoms with Gasteiger partial charge in [-0.15, -0.1) is 0 Å². The summed E-state index contributed by atoms with van der Waals surface area (Å²) in [4.78, 5) is 0. The van der Waals surface area contributed by atoms with E-state index in [0.717, 1.165) is 38.5 Å². The molecule has 0 aromatic carbocycles. The Hall–Kier alpha value is -0.0800. The average Bonchev–Trinajstić information content (AvgIpc) is 2.32. The largest absolute Gasteiger partial charge is 0.378 e. The van der Waals surface area contributed by atoms with Crippen LogP contribution in [0.15, 0.2) is 0 Å². The van der Waals surface area contributed by atoms with E-state index in [1.165, 1.54) is 38.5 Å². The van der Waals surface area contributed by atoms with E-state index in [0.29, 0.717) is 6.10 Å². The Morgan fingerprint density at radius 1 is 0.933 bits per heavy atom. The number of rotatable bonds is 4. The third-order valence-corrected chi connectivity index (χ3v) is 3.82. The number of hydrogen-bond acceptors (Lipinski definition) is 1. The number of nitrogens with zero attached hydrogens (tertiary/aromatic N) is 1. The fourth-order valence-corrected chi connectivity index (χ4v) is 2.77. The second kappa shape index (κ2) is 6.49. The lowest BCUT2D eigenvalue weighted by atomic mass is 9.87. The van der Waals surface area contributed by atoms with E-state index in [2.05, 4.69) is 5.32 Å². The molecule has 2 rings (SSSR count). The van der Waals surface area contributed by atoms with Crippen molar-refractivity contribution >= 4 is 0 Å². The zero-order chi connectivity index (χ0) is 10.3. The summed E-state index contributed by atoms with van der Waals surface area (Å²) in [5, 5.41) is 4.35. The van der Waals surface area contributed by atoms with Crippen molar-refractivity contribution in [2.75, 3.05) is 19.7 Å². The smallest absolute Gasteiger partial charge is 0.0600 e. The van der Waals surface area contributed by atoms with Gasteiger partial charge in [-0.3, -0.25) is 0 Å². The molecule has 1 radical (unpaired) electrons.